The monoisotopic (exact) mass is 147 g/mol. The summed E-state index contributed by atoms with van der Waals surface area (Å²) in [7, 11) is 0. The van der Waals surface area contributed by atoms with Crippen molar-refractivity contribution in [3.05, 3.63) is 0 Å². The minimum Gasteiger partial charge on any atom is -0.380 e. The van der Waals surface area contributed by atoms with Crippen molar-refractivity contribution in [2.45, 2.75) is 6.92 Å². The maximum atomic E-state index is 10.4. The molecule has 0 spiro atoms. The van der Waals surface area contributed by atoms with Crippen LogP contribution in [0, 0.1) is 0 Å². The van der Waals surface area contributed by atoms with Crippen LogP contribution < -0.4 is 16.6 Å². The Bertz CT molecular complexity index is 96.9. The summed E-state index contributed by atoms with van der Waals surface area (Å²) in [6.07, 6.45) is 0. The topological polar surface area (TPSA) is 76.4 Å². The molecule has 60 valence electrons. The van der Waals surface area contributed by atoms with E-state index in [1.54, 1.807) is 0 Å². The van der Waals surface area contributed by atoms with E-state index in [0.29, 0.717) is 19.8 Å². The summed E-state index contributed by atoms with van der Waals surface area (Å²) in [5.41, 5.74) is 1.94. The van der Waals surface area contributed by atoms with Gasteiger partial charge in [0.2, 0.25) is 0 Å². The van der Waals surface area contributed by atoms with Crippen LogP contribution in [0.4, 0.5) is 4.79 Å². The highest BCUT2D eigenvalue weighted by atomic mass is 16.5. The van der Waals surface area contributed by atoms with Crippen LogP contribution in [-0.4, -0.2) is 25.8 Å². The van der Waals surface area contributed by atoms with Gasteiger partial charge >= 0.3 is 6.03 Å². The molecular weight excluding hydrogens is 134 g/mol. The molecule has 0 rings (SSSR count). The molecule has 0 saturated heterocycles. The van der Waals surface area contributed by atoms with Crippen LogP contribution >= 0.6 is 0 Å². The first-order valence-electron chi connectivity index (χ1n) is 3.13. The third kappa shape index (κ3) is 5.33. The van der Waals surface area contributed by atoms with Crippen molar-refractivity contribution in [3.63, 3.8) is 0 Å². The van der Waals surface area contributed by atoms with E-state index >= 15 is 0 Å². The number of rotatable bonds is 4. The van der Waals surface area contributed by atoms with Crippen molar-refractivity contribution in [1.29, 1.82) is 0 Å². The first kappa shape index (κ1) is 9.19. The zero-order valence-electron chi connectivity index (χ0n) is 6.02. The molecule has 0 aliphatic carbocycles. The highest BCUT2D eigenvalue weighted by Gasteiger charge is 1.92. The van der Waals surface area contributed by atoms with E-state index in [0.717, 1.165) is 0 Å². The van der Waals surface area contributed by atoms with Gasteiger partial charge in [-0.2, -0.15) is 0 Å². The fourth-order valence-electron chi connectivity index (χ4n) is 0.432. The van der Waals surface area contributed by atoms with Gasteiger partial charge in [0.05, 0.1) is 6.61 Å². The maximum Gasteiger partial charge on any atom is 0.328 e. The maximum absolute atomic E-state index is 10.4. The van der Waals surface area contributed by atoms with Crippen LogP contribution in [-0.2, 0) is 4.74 Å². The second kappa shape index (κ2) is 6.31. The van der Waals surface area contributed by atoms with Gasteiger partial charge in [-0.15, -0.1) is 0 Å². The number of amides is 2. The molecule has 0 atom stereocenters. The van der Waals surface area contributed by atoms with Crippen molar-refractivity contribution in [2.24, 2.45) is 5.84 Å². The van der Waals surface area contributed by atoms with Crippen LogP contribution in [0.25, 0.3) is 0 Å². The number of carbonyl (C=O) groups excluding carboxylic acids is 1. The Labute approximate surface area is 59.9 Å². The number of nitrogens with two attached hydrogens (primary N) is 1. The number of nitrogens with one attached hydrogen (secondary N) is 2. The number of hydrogen-bond donors (Lipinski definition) is 3. The molecule has 0 fully saturated rings. The molecule has 0 aliphatic rings. The smallest absolute Gasteiger partial charge is 0.328 e. The van der Waals surface area contributed by atoms with Crippen molar-refractivity contribution < 1.29 is 9.53 Å². The quantitative estimate of drug-likeness (QED) is 0.211. The van der Waals surface area contributed by atoms with E-state index in [1.165, 1.54) is 0 Å². The molecule has 0 radical (unpaired) electrons. The molecule has 0 heterocycles. The summed E-state index contributed by atoms with van der Waals surface area (Å²) < 4.78 is 4.95. The summed E-state index contributed by atoms with van der Waals surface area (Å²) in [4.78, 5) is 10.4. The second-order valence-corrected chi connectivity index (χ2v) is 1.60. The van der Waals surface area contributed by atoms with E-state index in [-0.39, 0.29) is 6.03 Å². The van der Waals surface area contributed by atoms with Gasteiger partial charge < -0.3 is 10.1 Å². The van der Waals surface area contributed by atoms with Crippen LogP contribution in [0.5, 0.6) is 0 Å². The lowest BCUT2D eigenvalue weighted by Gasteiger charge is -2.02. The van der Waals surface area contributed by atoms with Gasteiger partial charge in [-0.3, -0.25) is 5.43 Å². The standard InChI is InChI=1S/C5H13N3O2/c1-2-10-4-3-7-5(9)8-6/h2-4,6H2,1H3,(H2,7,8,9). The van der Waals surface area contributed by atoms with Gasteiger partial charge in [0.15, 0.2) is 0 Å². The van der Waals surface area contributed by atoms with Gasteiger partial charge in [-0.1, -0.05) is 0 Å². The van der Waals surface area contributed by atoms with Gasteiger partial charge in [0.1, 0.15) is 0 Å². The van der Waals surface area contributed by atoms with Crippen LogP contribution in [0.3, 0.4) is 0 Å². The van der Waals surface area contributed by atoms with E-state index in [9.17, 15) is 4.79 Å². The molecule has 0 aliphatic heterocycles. The Hall–Kier alpha value is -0.810. The molecular formula is C5H13N3O2. The van der Waals surface area contributed by atoms with Crippen molar-refractivity contribution >= 4 is 6.03 Å². The number of hydrazine groups is 1. The zero-order valence-corrected chi connectivity index (χ0v) is 6.02. The van der Waals surface area contributed by atoms with Gasteiger partial charge in [-0.25, -0.2) is 10.6 Å². The SMILES string of the molecule is CCOCCNC(=O)NN. The van der Waals surface area contributed by atoms with Crippen LogP contribution in [0.1, 0.15) is 6.92 Å². The largest absolute Gasteiger partial charge is 0.380 e. The number of urea groups is 1. The molecule has 4 N–H and O–H groups in total. The molecule has 0 bridgehead atoms. The molecule has 0 aromatic rings. The Balaban J connectivity index is 2.96. The molecule has 5 heteroatoms. The minimum atomic E-state index is -0.389. The average molecular weight is 147 g/mol. The summed E-state index contributed by atoms with van der Waals surface area (Å²) in [5, 5.41) is 2.47. The third-order valence-electron chi connectivity index (χ3n) is 0.867. The predicted octanol–water partition coefficient (Wildman–Crippen LogP) is -0.804. The van der Waals surface area contributed by atoms with Crippen LogP contribution in [0.15, 0.2) is 0 Å². The van der Waals surface area contributed by atoms with E-state index in [2.05, 4.69) is 5.32 Å². The van der Waals surface area contributed by atoms with Crippen molar-refractivity contribution in [1.82, 2.24) is 10.7 Å². The highest BCUT2D eigenvalue weighted by Crippen LogP contribution is 1.69. The number of ether oxygens (including phenoxy) is 1. The molecule has 0 unspecified atom stereocenters. The fourth-order valence-corrected chi connectivity index (χ4v) is 0.432. The lowest BCUT2D eigenvalue weighted by molar-refractivity contribution is 0.149. The van der Waals surface area contributed by atoms with Crippen molar-refractivity contribution in [3.8, 4) is 0 Å². The molecule has 10 heavy (non-hydrogen) atoms. The molecule has 5 nitrogen and oxygen atoms in total. The summed E-state index contributed by atoms with van der Waals surface area (Å²) >= 11 is 0. The molecule has 0 saturated carbocycles. The Kier molecular flexibility index (Phi) is 5.80. The average Bonchev–Trinajstić information content (AvgIpc) is 1.98. The second-order valence-electron chi connectivity index (χ2n) is 1.60. The normalized spacial score (nSPS) is 9.00. The summed E-state index contributed by atoms with van der Waals surface area (Å²) in [5.74, 6) is 4.78. The number of hydrogen-bond acceptors (Lipinski definition) is 3. The third-order valence-corrected chi connectivity index (χ3v) is 0.867. The number of carbonyl (C=O) groups is 1. The van der Waals surface area contributed by atoms with E-state index in [1.807, 2.05) is 12.3 Å². The van der Waals surface area contributed by atoms with Gasteiger partial charge in [-0.05, 0) is 6.92 Å². The molecule has 0 aromatic carbocycles. The minimum absolute atomic E-state index is 0.389. The van der Waals surface area contributed by atoms with Crippen molar-refractivity contribution in [2.75, 3.05) is 19.8 Å². The van der Waals surface area contributed by atoms with Gasteiger partial charge in [0.25, 0.3) is 0 Å². The van der Waals surface area contributed by atoms with Crippen LogP contribution in [0.2, 0.25) is 0 Å². The first-order valence-corrected chi connectivity index (χ1v) is 3.13. The Morgan fingerprint density at radius 1 is 1.70 bits per heavy atom. The summed E-state index contributed by atoms with van der Waals surface area (Å²) in [6.45, 7) is 3.55. The molecule has 2 amide bonds. The van der Waals surface area contributed by atoms with E-state index in [4.69, 9.17) is 10.6 Å². The Morgan fingerprint density at radius 3 is 2.90 bits per heavy atom. The van der Waals surface area contributed by atoms with E-state index < -0.39 is 0 Å². The Morgan fingerprint density at radius 2 is 2.40 bits per heavy atom. The summed E-state index contributed by atoms with van der Waals surface area (Å²) in [6, 6.07) is -0.389. The molecule has 0 aromatic heterocycles. The van der Waals surface area contributed by atoms with Gasteiger partial charge in [0, 0.05) is 13.2 Å². The fraction of sp³-hybridized carbons (Fsp3) is 0.800. The first-order chi connectivity index (χ1) is 4.81. The highest BCUT2D eigenvalue weighted by molar-refractivity contribution is 5.72. The zero-order chi connectivity index (χ0) is 7.82. The predicted molar refractivity (Wildman–Crippen MR) is 37.2 cm³/mol. The lowest BCUT2D eigenvalue weighted by Crippen LogP contribution is -2.41. The lowest BCUT2D eigenvalue weighted by atomic mass is 10.7.